The standard InChI is InChI=1S/C16H23N3O2/c1-12-14(10-17-11-16(2,3)21)15(20)19(18(12)4)13-8-6-5-7-9-13/h5-9,17,21H,10-11H2,1-4H3. The first kappa shape index (κ1) is 15.5. The minimum absolute atomic E-state index is 0.0237. The molecule has 0 saturated heterocycles. The fraction of sp³-hybridized carbons (Fsp3) is 0.438. The van der Waals surface area contributed by atoms with Crippen molar-refractivity contribution >= 4 is 0 Å². The number of hydrogen-bond donors (Lipinski definition) is 2. The van der Waals surface area contributed by atoms with E-state index in [2.05, 4.69) is 5.32 Å². The van der Waals surface area contributed by atoms with E-state index in [9.17, 15) is 9.90 Å². The molecular weight excluding hydrogens is 266 g/mol. The van der Waals surface area contributed by atoms with Crippen molar-refractivity contribution in [3.63, 3.8) is 0 Å². The van der Waals surface area contributed by atoms with Crippen molar-refractivity contribution in [1.29, 1.82) is 0 Å². The zero-order chi connectivity index (χ0) is 15.6. The number of benzene rings is 1. The maximum atomic E-state index is 12.6. The molecule has 1 aromatic heterocycles. The van der Waals surface area contributed by atoms with Crippen LogP contribution in [0.3, 0.4) is 0 Å². The zero-order valence-corrected chi connectivity index (χ0v) is 13.1. The van der Waals surface area contributed by atoms with Gasteiger partial charge in [0.2, 0.25) is 0 Å². The smallest absolute Gasteiger partial charge is 0.276 e. The third-order valence-corrected chi connectivity index (χ3v) is 3.53. The van der Waals surface area contributed by atoms with Gasteiger partial charge in [0, 0.05) is 25.8 Å². The van der Waals surface area contributed by atoms with Crippen LogP contribution >= 0.6 is 0 Å². The Hall–Kier alpha value is -1.85. The summed E-state index contributed by atoms with van der Waals surface area (Å²) in [6, 6.07) is 9.58. The van der Waals surface area contributed by atoms with Crippen molar-refractivity contribution in [1.82, 2.24) is 14.7 Å². The zero-order valence-electron chi connectivity index (χ0n) is 13.1. The monoisotopic (exact) mass is 289 g/mol. The molecule has 0 bridgehead atoms. The molecule has 2 aromatic rings. The van der Waals surface area contributed by atoms with E-state index in [1.807, 2.05) is 49.0 Å². The third-order valence-electron chi connectivity index (χ3n) is 3.53. The lowest BCUT2D eigenvalue weighted by molar-refractivity contribution is 0.0794. The lowest BCUT2D eigenvalue weighted by Crippen LogP contribution is -2.35. The Kier molecular flexibility index (Phi) is 4.34. The molecule has 114 valence electrons. The highest BCUT2D eigenvalue weighted by atomic mass is 16.3. The highest BCUT2D eigenvalue weighted by Gasteiger charge is 2.17. The second kappa shape index (κ2) is 5.87. The number of nitrogens with zero attached hydrogens (tertiary/aromatic N) is 2. The Labute approximate surface area is 124 Å². The van der Waals surface area contributed by atoms with Gasteiger partial charge < -0.3 is 10.4 Å². The number of rotatable bonds is 5. The fourth-order valence-electron chi connectivity index (χ4n) is 2.32. The molecule has 0 radical (unpaired) electrons. The Morgan fingerprint density at radius 1 is 1.24 bits per heavy atom. The SMILES string of the molecule is Cc1c(CNCC(C)(C)O)c(=O)n(-c2ccccc2)n1C. The van der Waals surface area contributed by atoms with E-state index in [0.717, 1.165) is 16.9 Å². The summed E-state index contributed by atoms with van der Waals surface area (Å²) in [5.41, 5.74) is 1.69. The van der Waals surface area contributed by atoms with E-state index < -0.39 is 5.60 Å². The van der Waals surface area contributed by atoms with Gasteiger partial charge >= 0.3 is 0 Å². The van der Waals surface area contributed by atoms with Crippen LogP contribution in [0.2, 0.25) is 0 Å². The van der Waals surface area contributed by atoms with Crippen LogP contribution < -0.4 is 10.9 Å². The summed E-state index contributed by atoms with van der Waals surface area (Å²) in [7, 11) is 1.88. The van der Waals surface area contributed by atoms with Gasteiger partial charge in [-0.25, -0.2) is 4.68 Å². The molecule has 0 spiro atoms. The molecule has 0 fully saturated rings. The number of nitrogens with one attached hydrogen (secondary N) is 1. The van der Waals surface area contributed by atoms with Crippen LogP contribution in [-0.4, -0.2) is 26.6 Å². The molecule has 0 atom stereocenters. The van der Waals surface area contributed by atoms with Crippen LogP contribution in [-0.2, 0) is 13.6 Å². The molecule has 21 heavy (non-hydrogen) atoms. The van der Waals surface area contributed by atoms with Crippen LogP contribution in [0.5, 0.6) is 0 Å². The Bertz CT molecular complexity index is 663. The van der Waals surface area contributed by atoms with Crippen LogP contribution in [0.25, 0.3) is 5.69 Å². The maximum absolute atomic E-state index is 12.6. The summed E-state index contributed by atoms with van der Waals surface area (Å²) >= 11 is 0. The van der Waals surface area contributed by atoms with Crippen LogP contribution in [0, 0.1) is 6.92 Å². The van der Waals surface area contributed by atoms with Gasteiger partial charge in [-0.05, 0) is 32.9 Å². The average molecular weight is 289 g/mol. The minimum atomic E-state index is -0.791. The minimum Gasteiger partial charge on any atom is -0.389 e. The van der Waals surface area contributed by atoms with Gasteiger partial charge in [-0.15, -0.1) is 0 Å². The first-order valence-electron chi connectivity index (χ1n) is 7.07. The first-order valence-corrected chi connectivity index (χ1v) is 7.07. The summed E-state index contributed by atoms with van der Waals surface area (Å²) < 4.78 is 3.52. The summed E-state index contributed by atoms with van der Waals surface area (Å²) in [6.07, 6.45) is 0. The predicted octanol–water partition coefficient (Wildman–Crippen LogP) is 1.34. The van der Waals surface area contributed by atoms with Crippen molar-refractivity contribution in [3.05, 3.63) is 51.9 Å². The summed E-state index contributed by atoms with van der Waals surface area (Å²) in [5.74, 6) is 0. The molecule has 0 amide bonds. The highest BCUT2D eigenvalue weighted by molar-refractivity contribution is 5.33. The topological polar surface area (TPSA) is 59.2 Å². The van der Waals surface area contributed by atoms with Gasteiger partial charge in [0.1, 0.15) is 0 Å². The van der Waals surface area contributed by atoms with E-state index in [1.54, 1.807) is 18.5 Å². The third kappa shape index (κ3) is 3.43. The van der Waals surface area contributed by atoms with Gasteiger partial charge in [-0.2, -0.15) is 0 Å². The molecule has 2 N–H and O–H groups in total. The normalized spacial score (nSPS) is 11.9. The van der Waals surface area contributed by atoms with E-state index in [4.69, 9.17) is 0 Å². The lowest BCUT2D eigenvalue weighted by atomic mass is 10.1. The molecule has 5 nitrogen and oxygen atoms in total. The quantitative estimate of drug-likeness (QED) is 0.873. The maximum Gasteiger partial charge on any atom is 0.276 e. The van der Waals surface area contributed by atoms with Gasteiger partial charge in [0.25, 0.3) is 5.56 Å². The lowest BCUT2D eigenvalue weighted by Gasteiger charge is -2.17. The molecule has 0 aliphatic carbocycles. The molecule has 1 aromatic carbocycles. The van der Waals surface area contributed by atoms with Gasteiger partial charge in [0.15, 0.2) is 0 Å². The van der Waals surface area contributed by atoms with Gasteiger partial charge in [-0.3, -0.25) is 9.48 Å². The number of para-hydroxylation sites is 1. The van der Waals surface area contributed by atoms with Crippen LogP contribution in [0.15, 0.2) is 35.1 Å². The molecule has 2 rings (SSSR count). The van der Waals surface area contributed by atoms with Crippen LogP contribution in [0.1, 0.15) is 25.1 Å². The summed E-state index contributed by atoms with van der Waals surface area (Å²) in [5, 5.41) is 12.9. The second-order valence-corrected chi connectivity index (χ2v) is 5.96. The van der Waals surface area contributed by atoms with Gasteiger partial charge in [-0.1, -0.05) is 18.2 Å². The number of hydrogen-bond acceptors (Lipinski definition) is 3. The van der Waals surface area contributed by atoms with Crippen LogP contribution in [0.4, 0.5) is 0 Å². The Morgan fingerprint density at radius 2 is 1.86 bits per heavy atom. The summed E-state index contributed by atoms with van der Waals surface area (Å²) in [4.78, 5) is 12.6. The molecule has 0 unspecified atom stereocenters. The molecular formula is C16H23N3O2. The van der Waals surface area contributed by atoms with Crippen molar-refractivity contribution in [2.45, 2.75) is 32.9 Å². The van der Waals surface area contributed by atoms with Crippen molar-refractivity contribution in [2.24, 2.45) is 7.05 Å². The Morgan fingerprint density at radius 3 is 2.43 bits per heavy atom. The molecule has 0 aliphatic rings. The number of aliphatic hydroxyl groups is 1. The highest BCUT2D eigenvalue weighted by Crippen LogP contribution is 2.10. The molecule has 0 aliphatic heterocycles. The molecule has 1 heterocycles. The van der Waals surface area contributed by atoms with E-state index in [-0.39, 0.29) is 5.56 Å². The molecule has 5 heteroatoms. The largest absolute Gasteiger partial charge is 0.389 e. The second-order valence-electron chi connectivity index (χ2n) is 5.96. The van der Waals surface area contributed by atoms with E-state index in [1.165, 1.54) is 0 Å². The number of aromatic nitrogens is 2. The van der Waals surface area contributed by atoms with E-state index >= 15 is 0 Å². The predicted molar refractivity (Wildman–Crippen MR) is 83.8 cm³/mol. The van der Waals surface area contributed by atoms with Crippen molar-refractivity contribution in [3.8, 4) is 5.69 Å². The van der Waals surface area contributed by atoms with E-state index in [0.29, 0.717) is 13.1 Å². The van der Waals surface area contributed by atoms with Crippen molar-refractivity contribution in [2.75, 3.05) is 6.54 Å². The average Bonchev–Trinajstić information content (AvgIpc) is 2.62. The first-order chi connectivity index (χ1) is 9.81. The van der Waals surface area contributed by atoms with Gasteiger partial charge in [0.05, 0.1) is 16.9 Å². The van der Waals surface area contributed by atoms with Crippen molar-refractivity contribution < 1.29 is 5.11 Å². The fourth-order valence-corrected chi connectivity index (χ4v) is 2.32. The molecule has 0 saturated carbocycles. The Balaban J connectivity index is 2.31. The summed E-state index contributed by atoms with van der Waals surface area (Å²) in [6.45, 7) is 6.29.